The summed E-state index contributed by atoms with van der Waals surface area (Å²) in [6.07, 6.45) is 14.8. The molecule has 2 fully saturated rings. The number of hydrogen-bond acceptors (Lipinski definition) is 6. The van der Waals surface area contributed by atoms with Crippen LogP contribution in [0.2, 0.25) is 0 Å². The first-order valence-electron chi connectivity index (χ1n) is 19.9. The third-order valence-electron chi connectivity index (χ3n) is 12.7. The van der Waals surface area contributed by atoms with Crippen molar-refractivity contribution in [1.29, 1.82) is 0 Å². The quantitative estimate of drug-likeness (QED) is 0.109. The number of hydrogen-bond donors (Lipinski definition) is 3. The normalized spacial score (nSPS) is 20.9. The highest BCUT2D eigenvalue weighted by molar-refractivity contribution is 5.89. The molecule has 4 heterocycles. The Morgan fingerprint density at radius 3 is 2.15 bits per heavy atom. The number of carbonyl (C=O) groups is 3. The largest absolute Gasteiger partial charge is 0.453 e. The van der Waals surface area contributed by atoms with Crippen molar-refractivity contribution < 1.29 is 19.1 Å². The topological polar surface area (TPSA) is 136 Å². The van der Waals surface area contributed by atoms with E-state index in [1.54, 1.807) is 4.90 Å². The van der Waals surface area contributed by atoms with Gasteiger partial charge in [0.05, 0.1) is 35.2 Å². The van der Waals surface area contributed by atoms with Crippen LogP contribution in [-0.4, -0.2) is 74.4 Å². The number of imidazole rings is 2. The number of amides is 3. The number of alkyl carbamates (subject to hydrolysis) is 1. The van der Waals surface area contributed by atoms with E-state index in [9.17, 15) is 14.4 Å². The Kier molecular flexibility index (Phi) is 8.98. The fourth-order valence-corrected chi connectivity index (χ4v) is 9.87. The predicted molar refractivity (Wildman–Crippen MR) is 212 cm³/mol. The molecule has 1 saturated carbocycles. The van der Waals surface area contributed by atoms with Crippen LogP contribution in [0.3, 0.4) is 0 Å². The maximum atomic E-state index is 13.7. The van der Waals surface area contributed by atoms with Crippen molar-refractivity contribution in [1.82, 2.24) is 35.1 Å². The van der Waals surface area contributed by atoms with E-state index in [2.05, 4.69) is 63.8 Å². The monoisotopic (exact) mass is 739 g/mol. The molecule has 55 heavy (non-hydrogen) atoms. The molecule has 3 atom stereocenters. The number of nitrogens with one attached hydrogen (secondary N) is 3. The van der Waals surface area contributed by atoms with Crippen molar-refractivity contribution in [3.05, 3.63) is 83.5 Å². The number of aromatic nitrogens is 4. The van der Waals surface area contributed by atoms with Gasteiger partial charge in [-0.25, -0.2) is 14.8 Å². The molecule has 3 amide bonds. The fraction of sp³-hybridized carbons (Fsp3) is 0.432. The molecule has 11 heteroatoms. The number of carbonyl (C=O) groups excluding carboxylic acids is 3. The molecule has 0 radical (unpaired) electrons. The van der Waals surface area contributed by atoms with E-state index in [4.69, 9.17) is 14.7 Å². The molecule has 3 N–H and O–H groups in total. The standard InChI is InChI=1S/C44H49N7O4/c1-26(2)39(49-43(54)55-3)42(53)51-20-8-10-38(51)41-46-34-16-12-28(22-36(34)48-41)30-14-13-29(31-23-44(24-32(30)31)17-5-4-6-18-44)27-11-15-33-35(21-27)47-40(45-33)37-9-7-19-50(37)25-52/h8,10-16,21-22,25-26,37-39H,4-7,9,17-20,23-24H2,1-3H3,(H,45,47)(H,46,48)(H,49,54). The van der Waals surface area contributed by atoms with Crippen LogP contribution in [0.5, 0.6) is 0 Å². The van der Waals surface area contributed by atoms with Crippen LogP contribution in [0.25, 0.3) is 44.3 Å². The van der Waals surface area contributed by atoms with Gasteiger partial charge in [-0.1, -0.05) is 69.5 Å². The second-order valence-corrected chi connectivity index (χ2v) is 16.5. The van der Waals surface area contributed by atoms with E-state index in [0.29, 0.717) is 17.8 Å². The molecular formula is C44H49N7O4. The minimum absolute atomic E-state index is 0.00922. The van der Waals surface area contributed by atoms with Crippen LogP contribution in [0.4, 0.5) is 4.79 Å². The number of ether oxygens (including phenoxy) is 1. The maximum Gasteiger partial charge on any atom is 0.407 e. The Labute approximate surface area is 320 Å². The van der Waals surface area contributed by atoms with Crippen molar-refractivity contribution in [3.63, 3.8) is 0 Å². The van der Waals surface area contributed by atoms with Crippen LogP contribution in [-0.2, 0) is 27.2 Å². The number of nitrogens with zero attached hydrogens (tertiary/aromatic N) is 4. The Hall–Kier alpha value is -5.45. The Morgan fingerprint density at radius 2 is 1.53 bits per heavy atom. The SMILES string of the molecule is COC(=O)NC(C(=O)N1CC=CC1c1nc2ccc(-c3ccc(-c4ccc5nc(C6CCCN6C=O)[nH]c5c4)c4c3CC3(CCCCC3)C4)cc2[nH]1)C(C)C. The van der Waals surface area contributed by atoms with Gasteiger partial charge in [-0.3, -0.25) is 9.59 Å². The van der Waals surface area contributed by atoms with Gasteiger partial charge in [0, 0.05) is 13.1 Å². The molecule has 1 spiro atoms. The van der Waals surface area contributed by atoms with E-state index >= 15 is 0 Å². The second kappa shape index (κ2) is 14.0. The number of fused-ring (bicyclic) bond motifs is 3. The highest BCUT2D eigenvalue weighted by Crippen LogP contribution is 2.52. The second-order valence-electron chi connectivity index (χ2n) is 16.5. The molecule has 284 valence electrons. The molecule has 11 nitrogen and oxygen atoms in total. The van der Waals surface area contributed by atoms with Crippen molar-refractivity contribution in [2.45, 2.75) is 89.8 Å². The van der Waals surface area contributed by atoms with Crippen molar-refractivity contribution in [2.24, 2.45) is 11.3 Å². The molecule has 3 unspecified atom stereocenters. The Morgan fingerprint density at radius 1 is 0.891 bits per heavy atom. The maximum absolute atomic E-state index is 13.7. The van der Waals surface area contributed by atoms with E-state index in [1.165, 1.54) is 67.0 Å². The zero-order valence-corrected chi connectivity index (χ0v) is 31.9. The fourth-order valence-electron chi connectivity index (χ4n) is 9.87. The molecule has 2 aliphatic carbocycles. The first-order chi connectivity index (χ1) is 26.7. The molecule has 3 aromatic carbocycles. The van der Waals surface area contributed by atoms with E-state index in [0.717, 1.165) is 72.1 Å². The summed E-state index contributed by atoms with van der Waals surface area (Å²) in [4.78, 5) is 58.1. The molecular weight excluding hydrogens is 691 g/mol. The molecule has 5 aromatic rings. The van der Waals surface area contributed by atoms with Crippen LogP contribution in [0.1, 0.15) is 93.7 Å². The number of methoxy groups -OCH3 is 1. The van der Waals surface area contributed by atoms with E-state index in [-0.39, 0.29) is 23.9 Å². The zero-order valence-electron chi connectivity index (χ0n) is 31.9. The number of likely N-dealkylation sites (tertiary alicyclic amines) is 1. The third-order valence-corrected chi connectivity index (χ3v) is 12.7. The number of benzene rings is 3. The lowest BCUT2D eigenvalue weighted by Gasteiger charge is -2.33. The first kappa shape index (κ1) is 35.3. The van der Waals surface area contributed by atoms with Crippen LogP contribution >= 0.6 is 0 Å². The predicted octanol–water partition coefficient (Wildman–Crippen LogP) is 7.94. The minimum Gasteiger partial charge on any atom is -0.453 e. The van der Waals surface area contributed by atoms with Gasteiger partial charge in [-0.05, 0) is 108 Å². The van der Waals surface area contributed by atoms with Crippen LogP contribution in [0.15, 0.2) is 60.7 Å². The summed E-state index contributed by atoms with van der Waals surface area (Å²) in [5.41, 5.74) is 11.8. The molecule has 0 bridgehead atoms. The van der Waals surface area contributed by atoms with Gasteiger partial charge in [0.2, 0.25) is 12.3 Å². The number of aromatic amines is 2. The molecule has 4 aliphatic rings. The lowest BCUT2D eigenvalue weighted by Crippen LogP contribution is -2.51. The summed E-state index contributed by atoms with van der Waals surface area (Å²) in [7, 11) is 1.30. The summed E-state index contributed by atoms with van der Waals surface area (Å²) in [6.45, 7) is 5.03. The van der Waals surface area contributed by atoms with Gasteiger partial charge in [0.1, 0.15) is 23.7 Å². The van der Waals surface area contributed by atoms with Crippen molar-refractivity contribution in [3.8, 4) is 22.3 Å². The summed E-state index contributed by atoms with van der Waals surface area (Å²) < 4.78 is 4.80. The van der Waals surface area contributed by atoms with Crippen molar-refractivity contribution in [2.75, 3.05) is 20.2 Å². The molecule has 9 rings (SSSR count). The number of H-pyrrole nitrogens is 2. The van der Waals surface area contributed by atoms with Crippen LogP contribution in [0, 0.1) is 11.3 Å². The lowest BCUT2D eigenvalue weighted by molar-refractivity contribution is -0.135. The average molecular weight is 740 g/mol. The Bertz CT molecular complexity index is 2330. The summed E-state index contributed by atoms with van der Waals surface area (Å²) in [5, 5.41) is 2.72. The van der Waals surface area contributed by atoms with Crippen LogP contribution < -0.4 is 5.32 Å². The van der Waals surface area contributed by atoms with Crippen molar-refractivity contribution >= 4 is 40.5 Å². The Balaban J connectivity index is 1.05. The average Bonchev–Trinajstić information content (AvgIpc) is 4.04. The van der Waals surface area contributed by atoms with Gasteiger partial charge < -0.3 is 29.8 Å². The molecule has 2 aliphatic heterocycles. The van der Waals surface area contributed by atoms with Gasteiger partial charge >= 0.3 is 6.09 Å². The van der Waals surface area contributed by atoms with Gasteiger partial charge in [-0.15, -0.1) is 0 Å². The molecule has 2 aromatic heterocycles. The third kappa shape index (κ3) is 6.27. The lowest BCUT2D eigenvalue weighted by atomic mass is 9.72. The van der Waals surface area contributed by atoms with E-state index < -0.39 is 12.1 Å². The highest BCUT2D eigenvalue weighted by Gasteiger charge is 2.41. The van der Waals surface area contributed by atoms with E-state index in [1.807, 2.05) is 30.9 Å². The summed E-state index contributed by atoms with van der Waals surface area (Å²) in [6, 6.07) is 16.6. The molecule has 1 saturated heterocycles. The number of rotatable bonds is 8. The summed E-state index contributed by atoms with van der Waals surface area (Å²) >= 11 is 0. The highest BCUT2D eigenvalue weighted by atomic mass is 16.5. The summed E-state index contributed by atoms with van der Waals surface area (Å²) in [5.74, 6) is 1.27. The smallest absolute Gasteiger partial charge is 0.407 e. The minimum atomic E-state index is -0.714. The van der Waals surface area contributed by atoms with Gasteiger partial charge in [0.15, 0.2) is 0 Å². The van der Waals surface area contributed by atoms with Gasteiger partial charge in [-0.2, -0.15) is 0 Å². The first-order valence-corrected chi connectivity index (χ1v) is 19.9. The zero-order chi connectivity index (χ0) is 37.8. The van der Waals surface area contributed by atoms with Gasteiger partial charge in [0.25, 0.3) is 0 Å².